The number of benzene rings is 2. The number of hydrogen-bond donors (Lipinski definition) is 2. The Balaban J connectivity index is 1.89. The van der Waals surface area contributed by atoms with E-state index < -0.39 is 16.0 Å². The molecular formula is C21H24N2O5S. The van der Waals surface area contributed by atoms with E-state index >= 15 is 0 Å². The molecule has 0 aliphatic heterocycles. The lowest BCUT2D eigenvalue weighted by Crippen LogP contribution is -2.26. The van der Waals surface area contributed by atoms with Crippen molar-refractivity contribution in [2.75, 3.05) is 19.0 Å². The van der Waals surface area contributed by atoms with Crippen LogP contribution in [0.25, 0.3) is 6.08 Å². The van der Waals surface area contributed by atoms with Gasteiger partial charge in [0.15, 0.2) is 0 Å². The predicted molar refractivity (Wildman–Crippen MR) is 113 cm³/mol. The van der Waals surface area contributed by atoms with Gasteiger partial charge in [-0.2, -0.15) is 0 Å². The molecule has 0 atom stereocenters. The topological polar surface area (TPSA) is 102 Å². The number of amides is 1. The Morgan fingerprint density at radius 1 is 1.07 bits per heavy atom. The Morgan fingerprint density at radius 3 is 2.41 bits per heavy atom. The summed E-state index contributed by atoms with van der Waals surface area (Å²) in [5.74, 6) is -0.881. The molecule has 8 heteroatoms. The van der Waals surface area contributed by atoms with Crippen molar-refractivity contribution in [1.82, 2.24) is 4.72 Å². The average Bonchev–Trinajstić information content (AvgIpc) is 2.68. The van der Waals surface area contributed by atoms with Gasteiger partial charge in [-0.15, -0.1) is 0 Å². The van der Waals surface area contributed by atoms with Crippen LogP contribution in [0.5, 0.6) is 0 Å². The fourth-order valence-electron chi connectivity index (χ4n) is 2.41. The molecule has 0 radical (unpaired) electrons. The molecular weight excluding hydrogens is 392 g/mol. The Labute approximate surface area is 170 Å². The summed E-state index contributed by atoms with van der Waals surface area (Å²) < 4.78 is 31.1. The second-order valence-corrected chi connectivity index (χ2v) is 8.12. The number of anilines is 1. The van der Waals surface area contributed by atoms with Crippen LogP contribution in [0.2, 0.25) is 0 Å². The average molecular weight is 416 g/mol. The van der Waals surface area contributed by atoms with E-state index in [0.29, 0.717) is 11.3 Å². The zero-order valence-corrected chi connectivity index (χ0v) is 17.4. The van der Waals surface area contributed by atoms with Crippen LogP contribution in [0.4, 0.5) is 5.69 Å². The fourth-order valence-corrected chi connectivity index (χ4v) is 3.23. The van der Waals surface area contributed by atoms with Gasteiger partial charge in [-0.05, 0) is 43.2 Å². The van der Waals surface area contributed by atoms with E-state index in [1.807, 2.05) is 31.2 Å². The third kappa shape index (κ3) is 7.17. The molecule has 2 N–H and O–H groups in total. The number of ether oxygens (including phenoxy) is 1. The standard InChI is InChI=1S/C21H24N2O5S/c1-15-4-7-17(8-5-15)11-13-29(26,27)22-12-10-20(24)23-19-14-18(21(25)28-3)9-6-16(19)2/h4-9,11,13-14,22H,10,12H2,1-3H3,(H,23,24)/b13-11+. The molecule has 0 aromatic heterocycles. The largest absolute Gasteiger partial charge is 0.465 e. The molecule has 0 aliphatic carbocycles. The fraction of sp³-hybridized carbons (Fsp3) is 0.238. The molecule has 0 aliphatic rings. The summed E-state index contributed by atoms with van der Waals surface area (Å²) in [6.45, 7) is 3.68. The maximum absolute atomic E-state index is 12.1. The van der Waals surface area contributed by atoms with Gasteiger partial charge in [0.2, 0.25) is 15.9 Å². The molecule has 0 fully saturated rings. The van der Waals surface area contributed by atoms with Crippen molar-refractivity contribution in [3.05, 3.63) is 70.1 Å². The van der Waals surface area contributed by atoms with Gasteiger partial charge in [0.05, 0.1) is 12.7 Å². The number of methoxy groups -OCH3 is 1. The third-order valence-corrected chi connectivity index (χ3v) is 5.21. The van der Waals surface area contributed by atoms with E-state index in [-0.39, 0.29) is 18.9 Å². The van der Waals surface area contributed by atoms with Crippen LogP contribution < -0.4 is 10.0 Å². The van der Waals surface area contributed by atoms with E-state index in [9.17, 15) is 18.0 Å². The van der Waals surface area contributed by atoms with Crippen molar-refractivity contribution in [2.24, 2.45) is 0 Å². The highest BCUT2D eigenvalue weighted by atomic mass is 32.2. The van der Waals surface area contributed by atoms with E-state index in [1.165, 1.54) is 19.3 Å². The second-order valence-electron chi connectivity index (χ2n) is 6.47. The van der Waals surface area contributed by atoms with Crippen LogP contribution in [-0.4, -0.2) is 33.9 Å². The molecule has 2 aromatic carbocycles. The number of carbonyl (C=O) groups excluding carboxylic acids is 2. The molecule has 29 heavy (non-hydrogen) atoms. The predicted octanol–water partition coefficient (Wildman–Crippen LogP) is 3.01. The SMILES string of the molecule is COC(=O)c1ccc(C)c(NC(=O)CCNS(=O)(=O)/C=C/c2ccc(C)cc2)c1. The van der Waals surface area contributed by atoms with Gasteiger partial charge >= 0.3 is 5.97 Å². The van der Waals surface area contributed by atoms with Crippen LogP contribution >= 0.6 is 0 Å². The first-order chi connectivity index (χ1) is 13.7. The van der Waals surface area contributed by atoms with Crippen LogP contribution in [0.3, 0.4) is 0 Å². The van der Waals surface area contributed by atoms with Crippen LogP contribution in [0.1, 0.15) is 33.5 Å². The lowest BCUT2D eigenvalue weighted by atomic mass is 10.1. The van der Waals surface area contributed by atoms with Crippen LogP contribution in [-0.2, 0) is 19.6 Å². The molecule has 1 amide bonds. The second kappa shape index (κ2) is 9.99. The summed E-state index contributed by atoms with van der Waals surface area (Å²) in [6.07, 6.45) is 1.43. The third-order valence-electron chi connectivity index (χ3n) is 4.11. The number of sulfonamides is 1. The summed E-state index contributed by atoms with van der Waals surface area (Å²) in [6, 6.07) is 12.2. The molecule has 7 nitrogen and oxygen atoms in total. The van der Waals surface area contributed by atoms with E-state index in [0.717, 1.165) is 22.1 Å². The molecule has 2 rings (SSSR count). The maximum atomic E-state index is 12.1. The minimum atomic E-state index is -3.66. The van der Waals surface area contributed by atoms with Crippen molar-refractivity contribution in [3.8, 4) is 0 Å². The van der Waals surface area contributed by atoms with Crippen molar-refractivity contribution >= 4 is 33.7 Å². The number of nitrogens with one attached hydrogen (secondary N) is 2. The Hall–Kier alpha value is -2.97. The number of esters is 1. The number of aryl methyl sites for hydroxylation is 2. The molecule has 0 heterocycles. The normalized spacial score (nSPS) is 11.4. The number of carbonyl (C=O) groups is 2. The lowest BCUT2D eigenvalue weighted by molar-refractivity contribution is -0.116. The monoisotopic (exact) mass is 416 g/mol. The lowest BCUT2D eigenvalue weighted by Gasteiger charge is -2.10. The van der Waals surface area contributed by atoms with E-state index in [2.05, 4.69) is 14.8 Å². The smallest absolute Gasteiger partial charge is 0.337 e. The summed E-state index contributed by atoms with van der Waals surface area (Å²) in [5, 5.41) is 3.75. The molecule has 2 aromatic rings. The molecule has 0 saturated heterocycles. The van der Waals surface area contributed by atoms with Gasteiger partial charge in [-0.25, -0.2) is 17.9 Å². The van der Waals surface area contributed by atoms with Crippen molar-refractivity contribution in [3.63, 3.8) is 0 Å². The zero-order chi connectivity index (χ0) is 21.4. The van der Waals surface area contributed by atoms with E-state index in [4.69, 9.17) is 0 Å². The van der Waals surface area contributed by atoms with Gasteiger partial charge in [0.25, 0.3) is 0 Å². The van der Waals surface area contributed by atoms with E-state index in [1.54, 1.807) is 19.1 Å². The quantitative estimate of drug-likeness (QED) is 0.644. The van der Waals surface area contributed by atoms with Crippen LogP contribution in [0, 0.1) is 13.8 Å². The first-order valence-electron chi connectivity index (χ1n) is 8.93. The zero-order valence-electron chi connectivity index (χ0n) is 16.6. The molecule has 0 saturated carbocycles. The molecule has 0 spiro atoms. The highest BCUT2D eigenvalue weighted by molar-refractivity contribution is 7.92. The highest BCUT2D eigenvalue weighted by Gasteiger charge is 2.11. The van der Waals surface area contributed by atoms with Gasteiger partial charge in [-0.3, -0.25) is 4.79 Å². The van der Waals surface area contributed by atoms with Crippen molar-refractivity contribution in [2.45, 2.75) is 20.3 Å². The molecule has 0 bridgehead atoms. The first-order valence-corrected chi connectivity index (χ1v) is 10.5. The van der Waals surface area contributed by atoms with Crippen molar-refractivity contribution in [1.29, 1.82) is 0 Å². The summed E-state index contributed by atoms with van der Waals surface area (Å²) in [4.78, 5) is 23.7. The Kier molecular flexibility index (Phi) is 7.69. The van der Waals surface area contributed by atoms with Gasteiger partial charge in [0.1, 0.15) is 0 Å². The Morgan fingerprint density at radius 2 is 1.76 bits per heavy atom. The molecule has 154 valence electrons. The van der Waals surface area contributed by atoms with Crippen LogP contribution in [0.15, 0.2) is 47.9 Å². The van der Waals surface area contributed by atoms with Gasteiger partial charge in [-0.1, -0.05) is 35.9 Å². The van der Waals surface area contributed by atoms with Gasteiger partial charge in [0, 0.05) is 24.1 Å². The highest BCUT2D eigenvalue weighted by Crippen LogP contribution is 2.17. The first kappa shape index (κ1) is 22.3. The summed E-state index contributed by atoms with van der Waals surface area (Å²) in [5.41, 5.74) is 3.41. The maximum Gasteiger partial charge on any atom is 0.337 e. The van der Waals surface area contributed by atoms with Gasteiger partial charge < -0.3 is 10.1 Å². The number of hydrogen-bond acceptors (Lipinski definition) is 5. The number of rotatable bonds is 8. The summed E-state index contributed by atoms with van der Waals surface area (Å²) >= 11 is 0. The minimum Gasteiger partial charge on any atom is -0.465 e. The Bertz CT molecular complexity index is 1010. The minimum absolute atomic E-state index is 0.0534. The molecule has 0 unspecified atom stereocenters. The summed E-state index contributed by atoms with van der Waals surface area (Å²) in [7, 11) is -2.38. The van der Waals surface area contributed by atoms with Crippen molar-refractivity contribution < 1.29 is 22.7 Å².